The van der Waals surface area contributed by atoms with Gasteiger partial charge in [0.05, 0.1) is 11.8 Å². The topological polar surface area (TPSA) is 83.5 Å². The summed E-state index contributed by atoms with van der Waals surface area (Å²) in [4.78, 5) is 27.0. The van der Waals surface area contributed by atoms with Gasteiger partial charge >= 0.3 is 18.0 Å². The lowest BCUT2D eigenvalue weighted by atomic mass is 10.1. The van der Waals surface area contributed by atoms with E-state index in [0.29, 0.717) is 5.56 Å². The number of pyridine rings is 1. The fourth-order valence-corrected chi connectivity index (χ4v) is 1.84. The molecule has 9 heteroatoms. The van der Waals surface area contributed by atoms with E-state index in [1.165, 1.54) is 24.4 Å². The van der Waals surface area contributed by atoms with Gasteiger partial charge in [-0.25, -0.2) is 5.43 Å². The van der Waals surface area contributed by atoms with Crippen LogP contribution in [0.15, 0.2) is 53.9 Å². The van der Waals surface area contributed by atoms with E-state index in [-0.39, 0.29) is 12.1 Å². The summed E-state index contributed by atoms with van der Waals surface area (Å²) in [5.74, 6) is -2.06. The number of hydrogen-bond acceptors (Lipinski definition) is 4. The number of nitrogens with zero attached hydrogens (tertiary/aromatic N) is 2. The van der Waals surface area contributed by atoms with Crippen molar-refractivity contribution in [1.82, 2.24) is 15.7 Å². The van der Waals surface area contributed by atoms with Gasteiger partial charge in [-0.2, -0.15) is 18.3 Å². The molecule has 2 N–H and O–H groups in total. The van der Waals surface area contributed by atoms with Crippen molar-refractivity contribution in [3.63, 3.8) is 0 Å². The number of hydrazone groups is 1. The van der Waals surface area contributed by atoms with Crippen molar-refractivity contribution in [2.75, 3.05) is 0 Å². The van der Waals surface area contributed by atoms with Gasteiger partial charge in [-0.05, 0) is 17.7 Å². The summed E-state index contributed by atoms with van der Waals surface area (Å²) >= 11 is 0. The van der Waals surface area contributed by atoms with Crippen molar-refractivity contribution in [2.24, 2.45) is 5.10 Å². The first-order valence-corrected chi connectivity index (χ1v) is 7.04. The van der Waals surface area contributed by atoms with Crippen molar-refractivity contribution in [3.05, 3.63) is 65.5 Å². The van der Waals surface area contributed by atoms with Gasteiger partial charge in [0.15, 0.2) is 0 Å². The highest BCUT2D eigenvalue weighted by molar-refractivity contribution is 6.35. The van der Waals surface area contributed by atoms with Gasteiger partial charge in [-0.15, -0.1) is 0 Å². The third-order valence-corrected chi connectivity index (χ3v) is 3.02. The number of benzene rings is 1. The highest BCUT2D eigenvalue weighted by Crippen LogP contribution is 2.30. The minimum Gasteiger partial charge on any atom is -0.344 e. The molecule has 0 bridgehead atoms. The van der Waals surface area contributed by atoms with Gasteiger partial charge < -0.3 is 5.32 Å². The van der Waals surface area contributed by atoms with Crippen LogP contribution in [0.1, 0.15) is 16.7 Å². The molecule has 25 heavy (non-hydrogen) atoms. The zero-order chi connectivity index (χ0) is 18.3. The van der Waals surface area contributed by atoms with Crippen LogP contribution >= 0.6 is 0 Å². The second-order valence-corrected chi connectivity index (χ2v) is 4.83. The van der Waals surface area contributed by atoms with Crippen molar-refractivity contribution in [2.45, 2.75) is 12.7 Å². The fourth-order valence-electron chi connectivity index (χ4n) is 1.84. The predicted octanol–water partition coefficient (Wildman–Crippen LogP) is 1.87. The molecule has 2 aromatic rings. The number of halogens is 3. The molecule has 2 amide bonds. The van der Waals surface area contributed by atoms with E-state index < -0.39 is 23.6 Å². The van der Waals surface area contributed by atoms with Crippen molar-refractivity contribution in [3.8, 4) is 0 Å². The Hall–Kier alpha value is -3.23. The van der Waals surface area contributed by atoms with Gasteiger partial charge in [0.25, 0.3) is 0 Å². The summed E-state index contributed by atoms with van der Waals surface area (Å²) in [6, 6.07) is 8.11. The average Bonchev–Trinajstić information content (AvgIpc) is 2.60. The summed E-state index contributed by atoms with van der Waals surface area (Å²) in [5.41, 5.74) is 1.44. The Morgan fingerprint density at radius 1 is 1.12 bits per heavy atom. The van der Waals surface area contributed by atoms with Crippen LogP contribution in [0, 0.1) is 0 Å². The number of carbonyl (C=O) groups is 2. The molecule has 1 heterocycles. The summed E-state index contributed by atoms with van der Waals surface area (Å²) in [7, 11) is 0. The standard InChI is InChI=1S/C16H13F3N4O2/c17-16(18,19)13-6-2-1-5-12(13)10-22-23-15(25)14(24)21-9-11-4-3-7-20-8-11/h1-8,10H,9H2,(H,21,24)(H,23,25)/b22-10+. The molecule has 130 valence electrons. The van der Waals surface area contributed by atoms with Gasteiger partial charge in [0.2, 0.25) is 0 Å². The van der Waals surface area contributed by atoms with E-state index in [0.717, 1.165) is 12.3 Å². The normalized spacial score (nSPS) is 11.3. The molecular weight excluding hydrogens is 337 g/mol. The zero-order valence-electron chi connectivity index (χ0n) is 12.7. The Morgan fingerprint density at radius 3 is 2.56 bits per heavy atom. The van der Waals surface area contributed by atoms with Crippen molar-refractivity contribution in [1.29, 1.82) is 0 Å². The van der Waals surface area contributed by atoms with Crippen LogP contribution < -0.4 is 10.7 Å². The molecule has 6 nitrogen and oxygen atoms in total. The monoisotopic (exact) mass is 350 g/mol. The van der Waals surface area contributed by atoms with Gasteiger partial charge in [-0.1, -0.05) is 24.3 Å². The van der Waals surface area contributed by atoms with Crippen LogP contribution in [-0.2, 0) is 22.3 Å². The maximum absolute atomic E-state index is 12.8. The van der Waals surface area contributed by atoms with E-state index in [1.54, 1.807) is 18.3 Å². The first-order valence-electron chi connectivity index (χ1n) is 7.04. The van der Waals surface area contributed by atoms with Crippen LogP contribution in [-0.4, -0.2) is 23.0 Å². The molecular formula is C16H13F3N4O2. The lowest BCUT2D eigenvalue weighted by molar-refractivity contribution is -0.139. The largest absolute Gasteiger partial charge is 0.417 e. The molecule has 0 spiro atoms. The van der Waals surface area contributed by atoms with Crippen LogP contribution in [0.25, 0.3) is 0 Å². The average molecular weight is 350 g/mol. The predicted molar refractivity (Wildman–Crippen MR) is 83.3 cm³/mol. The lowest BCUT2D eigenvalue weighted by Gasteiger charge is -2.09. The van der Waals surface area contributed by atoms with Gasteiger partial charge in [0.1, 0.15) is 0 Å². The van der Waals surface area contributed by atoms with E-state index in [4.69, 9.17) is 0 Å². The Bertz CT molecular complexity index is 776. The highest BCUT2D eigenvalue weighted by Gasteiger charge is 2.32. The first-order chi connectivity index (χ1) is 11.9. The number of amides is 2. The van der Waals surface area contributed by atoms with E-state index in [2.05, 4.69) is 15.4 Å². The van der Waals surface area contributed by atoms with Crippen LogP contribution in [0.2, 0.25) is 0 Å². The summed E-state index contributed by atoms with van der Waals surface area (Å²) in [5, 5.41) is 5.73. The first kappa shape index (κ1) is 18.1. The number of alkyl halides is 3. The molecule has 0 aliphatic heterocycles. The van der Waals surface area contributed by atoms with Crippen molar-refractivity contribution < 1.29 is 22.8 Å². The van der Waals surface area contributed by atoms with Gasteiger partial charge in [-0.3, -0.25) is 14.6 Å². The zero-order valence-corrected chi connectivity index (χ0v) is 12.7. The Morgan fingerprint density at radius 2 is 1.88 bits per heavy atom. The maximum atomic E-state index is 12.8. The Labute approximate surface area is 140 Å². The maximum Gasteiger partial charge on any atom is 0.417 e. The fraction of sp³-hybridized carbons (Fsp3) is 0.125. The molecule has 0 saturated heterocycles. The Kier molecular flexibility index (Phi) is 5.83. The number of nitrogens with one attached hydrogen (secondary N) is 2. The smallest absolute Gasteiger partial charge is 0.344 e. The number of carbonyl (C=O) groups excluding carboxylic acids is 2. The summed E-state index contributed by atoms with van der Waals surface area (Å²) < 4.78 is 38.4. The number of hydrogen-bond donors (Lipinski definition) is 2. The molecule has 0 unspecified atom stereocenters. The second kappa shape index (κ2) is 8.04. The van der Waals surface area contributed by atoms with Gasteiger partial charge in [0, 0.05) is 24.5 Å². The molecule has 1 aromatic carbocycles. The third-order valence-electron chi connectivity index (χ3n) is 3.02. The molecule has 0 atom stereocenters. The Balaban J connectivity index is 1.91. The molecule has 1 aromatic heterocycles. The minimum absolute atomic E-state index is 0.0840. The minimum atomic E-state index is -4.55. The van der Waals surface area contributed by atoms with E-state index >= 15 is 0 Å². The molecule has 0 radical (unpaired) electrons. The SMILES string of the molecule is O=C(NCc1cccnc1)C(=O)N/N=C/c1ccccc1C(F)(F)F. The van der Waals surface area contributed by atoms with Crippen molar-refractivity contribution >= 4 is 18.0 Å². The van der Waals surface area contributed by atoms with E-state index in [1.807, 2.05) is 5.43 Å². The molecule has 0 saturated carbocycles. The van der Waals surface area contributed by atoms with Crippen LogP contribution in [0.4, 0.5) is 13.2 Å². The summed E-state index contributed by atoms with van der Waals surface area (Å²) in [6.07, 6.45) is -0.640. The number of rotatable bonds is 4. The molecule has 2 rings (SSSR count). The highest BCUT2D eigenvalue weighted by atomic mass is 19.4. The van der Waals surface area contributed by atoms with Crippen LogP contribution in [0.3, 0.4) is 0 Å². The molecule has 0 aliphatic rings. The molecule has 0 aliphatic carbocycles. The summed E-state index contributed by atoms with van der Waals surface area (Å²) in [6.45, 7) is 0.0840. The van der Waals surface area contributed by atoms with Crippen LogP contribution in [0.5, 0.6) is 0 Å². The van der Waals surface area contributed by atoms with E-state index in [9.17, 15) is 22.8 Å². The quantitative estimate of drug-likeness (QED) is 0.502. The third kappa shape index (κ3) is 5.41. The second-order valence-electron chi connectivity index (χ2n) is 4.83. The number of aromatic nitrogens is 1. The lowest BCUT2D eigenvalue weighted by Crippen LogP contribution is -2.37. The molecule has 0 fully saturated rings.